The number of nitrogens with two attached hydrogens (primary N) is 1. The zero-order valence-corrected chi connectivity index (χ0v) is 11.5. The Bertz CT molecular complexity index is 790. The first kappa shape index (κ1) is 12.1. The zero-order chi connectivity index (χ0) is 14.2. The van der Waals surface area contributed by atoms with Crippen LogP contribution in [0.1, 0.15) is 12.8 Å². The van der Waals surface area contributed by atoms with Crippen molar-refractivity contribution in [2.24, 2.45) is 5.92 Å². The molecule has 21 heavy (non-hydrogen) atoms. The number of hydrogen-bond acceptors (Lipinski definition) is 5. The van der Waals surface area contributed by atoms with E-state index in [1.54, 1.807) is 18.7 Å². The van der Waals surface area contributed by atoms with Gasteiger partial charge in [0, 0.05) is 12.2 Å². The van der Waals surface area contributed by atoms with Crippen molar-refractivity contribution in [2.75, 3.05) is 17.6 Å². The van der Waals surface area contributed by atoms with Crippen LogP contribution in [0.4, 0.5) is 11.5 Å². The summed E-state index contributed by atoms with van der Waals surface area (Å²) in [6, 6.07) is 5.65. The minimum Gasteiger partial charge on any atom is -0.399 e. The number of nitrogen functional groups attached to an aromatic ring is 1. The maximum absolute atomic E-state index is 5.86. The second-order valence-electron chi connectivity index (χ2n) is 5.45. The maximum atomic E-state index is 5.86. The Morgan fingerprint density at radius 1 is 1.29 bits per heavy atom. The molecule has 0 saturated heterocycles. The van der Waals surface area contributed by atoms with Crippen LogP contribution in [-0.4, -0.2) is 26.1 Å². The van der Waals surface area contributed by atoms with Gasteiger partial charge in [-0.05, 0) is 37.0 Å². The van der Waals surface area contributed by atoms with Crippen molar-refractivity contribution >= 4 is 22.5 Å². The van der Waals surface area contributed by atoms with Crippen molar-refractivity contribution in [3.8, 4) is 5.82 Å². The molecule has 2 heterocycles. The van der Waals surface area contributed by atoms with E-state index < -0.39 is 0 Å². The first-order valence-electron chi connectivity index (χ1n) is 7.08. The first-order valence-corrected chi connectivity index (χ1v) is 7.08. The zero-order valence-electron chi connectivity index (χ0n) is 11.5. The molecule has 1 aromatic carbocycles. The normalized spacial score (nSPS) is 14.5. The fourth-order valence-corrected chi connectivity index (χ4v) is 2.34. The number of hydrogen-bond donors (Lipinski definition) is 2. The minimum atomic E-state index is 0.709. The molecule has 106 valence electrons. The van der Waals surface area contributed by atoms with E-state index in [9.17, 15) is 0 Å². The van der Waals surface area contributed by atoms with E-state index in [0.29, 0.717) is 5.69 Å². The molecule has 0 spiro atoms. The molecule has 0 unspecified atom stereocenters. The Hall–Kier alpha value is -2.63. The molecule has 0 bridgehead atoms. The molecule has 6 nitrogen and oxygen atoms in total. The predicted molar refractivity (Wildman–Crippen MR) is 82.3 cm³/mol. The van der Waals surface area contributed by atoms with Gasteiger partial charge in [-0.15, -0.1) is 0 Å². The van der Waals surface area contributed by atoms with Gasteiger partial charge in [0.1, 0.15) is 12.1 Å². The number of benzene rings is 1. The van der Waals surface area contributed by atoms with E-state index in [0.717, 1.165) is 35.1 Å². The molecule has 0 radical (unpaired) electrons. The number of nitrogens with one attached hydrogen (secondary N) is 1. The third-order valence-corrected chi connectivity index (χ3v) is 3.71. The van der Waals surface area contributed by atoms with E-state index in [1.165, 1.54) is 12.8 Å². The van der Waals surface area contributed by atoms with E-state index >= 15 is 0 Å². The van der Waals surface area contributed by atoms with E-state index in [2.05, 4.69) is 20.3 Å². The van der Waals surface area contributed by atoms with Crippen LogP contribution in [0, 0.1) is 5.92 Å². The van der Waals surface area contributed by atoms with Gasteiger partial charge < -0.3 is 11.1 Å². The van der Waals surface area contributed by atoms with Crippen LogP contribution in [0.2, 0.25) is 0 Å². The topological polar surface area (TPSA) is 81.6 Å². The third kappa shape index (κ3) is 2.40. The highest BCUT2D eigenvalue weighted by Gasteiger charge is 2.20. The summed E-state index contributed by atoms with van der Waals surface area (Å²) in [6.45, 7) is 0.968. The lowest BCUT2D eigenvalue weighted by Gasteiger charge is -2.07. The van der Waals surface area contributed by atoms with Crippen LogP contribution in [0.25, 0.3) is 16.9 Å². The number of anilines is 2. The lowest BCUT2D eigenvalue weighted by Crippen LogP contribution is -2.07. The van der Waals surface area contributed by atoms with Gasteiger partial charge in [-0.3, -0.25) is 9.55 Å². The minimum absolute atomic E-state index is 0.709. The molecule has 1 aliphatic rings. The number of aromatic nitrogens is 4. The average Bonchev–Trinajstić information content (AvgIpc) is 3.24. The van der Waals surface area contributed by atoms with E-state index in [1.807, 2.05) is 22.8 Å². The molecule has 0 atom stereocenters. The van der Waals surface area contributed by atoms with Crippen molar-refractivity contribution in [1.29, 1.82) is 0 Å². The number of imidazole rings is 1. The summed E-state index contributed by atoms with van der Waals surface area (Å²) in [7, 11) is 0. The molecular formula is C15H16N6. The van der Waals surface area contributed by atoms with Crippen molar-refractivity contribution < 1.29 is 0 Å². The first-order chi connectivity index (χ1) is 10.3. The number of nitrogens with zero attached hydrogens (tertiary/aromatic N) is 4. The second-order valence-corrected chi connectivity index (χ2v) is 5.45. The van der Waals surface area contributed by atoms with Crippen molar-refractivity contribution in [2.45, 2.75) is 12.8 Å². The summed E-state index contributed by atoms with van der Waals surface area (Å²) in [5.74, 6) is 2.33. The van der Waals surface area contributed by atoms with E-state index in [-0.39, 0.29) is 0 Å². The van der Waals surface area contributed by atoms with Crippen molar-refractivity contribution in [1.82, 2.24) is 19.5 Å². The molecule has 2 aromatic heterocycles. The highest BCUT2D eigenvalue weighted by molar-refractivity contribution is 5.80. The maximum Gasteiger partial charge on any atom is 0.159 e. The van der Waals surface area contributed by atoms with Crippen LogP contribution in [0.3, 0.4) is 0 Å². The Balaban J connectivity index is 1.70. The van der Waals surface area contributed by atoms with Gasteiger partial charge in [0.15, 0.2) is 5.82 Å². The summed E-state index contributed by atoms with van der Waals surface area (Å²) < 4.78 is 1.90. The van der Waals surface area contributed by atoms with Crippen LogP contribution >= 0.6 is 0 Å². The second kappa shape index (κ2) is 4.73. The van der Waals surface area contributed by atoms with Gasteiger partial charge in [0.2, 0.25) is 0 Å². The molecular weight excluding hydrogens is 264 g/mol. The molecule has 1 fully saturated rings. The molecule has 4 rings (SSSR count). The highest BCUT2D eigenvalue weighted by atomic mass is 15.1. The highest BCUT2D eigenvalue weighted by Crippen LogP contribution is 2.28. The van der Waals surface area contributed by atoms with Crippen LogP contribution in [-0.2, 0) is 0 Å². The predicted octanol–water partition coefficient (Wildman–Crippen LogP) is 2.22. The van der Waals surface area contributed by atoms with Gasteiger partial charge in [-0.2, -0.15) is 0 Å². The molecule has 1 saturated carbocycles. The molecule has 3 N–H and O–H groups in total. The molecule has 3 aromatic rings. The fourth-order valence-electron chi connectivity index (χ4n) is 2.34. The van der Waals surface area contributed by atoms with Crippen LogP contribution in [0.5, 0.6) is 0 Å². The van der Waals surface area contributed by atoms with Crippen molar-refractivity contribution in [3.05, 3.63) is 36.9 Å². The summed E-state index contributed by atoms with van der Waals surface area (Å²) >= 11 is 0. The average molecular weight is 280 g/mol. The third-order valence-electron chi connectivity index (χ3n) is 3.71. The van der Waals surface area contributed by atoms with Gasteiger partial charge in [-0.1, -0.05) is 0 Å². The Morgan fingerprint density at radius 2 is 2.19 bits per heavy atom. The van der Waals surface area contributed by atoms with Gasteiger partial charge >= 0.3 is 0 Å². The standard InChI is InChI=1S/C15H16N6/c16-11-3-4-12-13(5-11)21(9-19-12)15-8-17-7-14(20-15)18-6-10-1-2-10/h3-5,7-10H,1-2,6,16H2,(H,18,20). The van der Waals surface area contributed by atoms with Crippen LogP contribution < -0.4 is 11.1 Å². The van der Waals surface area contributed by atoms with Gasteiger partial charge in [0.25, 0.3) is 0 Å². The molecule has 1 aliphatic carbocycles. The summed E-state index contributed by atoms with van der Waals surface area (Å²) in [5, 5.41) is 3.34. The number of fused-ring (bicyclic) bond motifs is 1. The quantitative estimate of drug-likeness (QED) is 0.716. The molecule has 0 amide bonds. The number of rotatable bonds is 4. The van der Waals surface area contributed by atoms with Gasteiger partial charge in [-0.25, -0.2) is 9.97 Å². The van der Waals surface area contributed by atoms with Gasteiger partial charge in [0.05, 0.1) is 23.4 Å². The Labute approximate surface area is 122 Å². The fraction of sp³-hybridized carbons (Fsp3) is 0.267. The largest absolute Gasteiger partial charge is 0.399 e. The monoisotopic (exact) mass is 280 g/mol. The summed E-state index contributed by atoms with van der Waals surface area (Å²) in [4.78, 5) is 13.2. The smallest absolute Gasteiger partial charge is 0.159 e. The summed E-state index contributed by atoms with van der Waals surface area (Å²) in [5.41, 5.74) is 8.39. The molecule has 6 heteroatoms. The SMILES string of the molecule is Nc1ccc2ncn(-c3cncc(NCC4CC4)n3)c2c1. The van der Waals surface area contributed by atoms with Crippen LogP contribution in [0.15, 0.2) is 36.9 Å². The molecule has 0 aliphatic heterocycles. The Kier molecular flexibility index (Phi) is 2.73. The summed E-state index contributed by atoms with van der Waals surface area (Å²) in [6.07, 6.45) is 7.85. The lowest BCUT2D eigenvalue weighted by molar-refractivity contribution is 0.876. The Morgan fingerprint density at radius 3 is 3.05 bits per heavy atom. The lowest BCUT2D eigenvalue weighted by atomic mass is 10.3. The van der Waals surface area contributed by atoms with Crippen molar-refractivity contribution in [3.63, 3.8) is 0 Å². The van der Waals surface area contributed by atoms with E-state index in [4.69, 9.17) is 5.73 Å².